The topological polar surface area (TPSA) is 46.3 Å². The number of aryl methyl sites for hydroxylation is 1. The van der Waals surface area contributed by atoms with Crippen LogP contribution in [0.4, 0.5) is 11.4 Å². The molecule has 1 aliphatic rings. The summed E-state index contributed by atoms with van der Waals surface area (Å²) in [6, 6.07) is 16.0. The van der Waals surface area contributed by atoms with Gasteiger partial charge in [-0.25, -0.2) is 0 Å². The van der Waals surface area contributed by atoms with Crippen LogP contribution in [0.25, 0.3) is 0 Å². The van der Waals surface area contributed by atoms with Crippen molar-refractivity contribution >= 4 is 29.0 Å². The second-order valence-electron chi connectivity index (χ2n) is 5.12. The van der Waals surface area contributed by atoms with Gasteiger partial charge in [-0.05, 0) is 41.8 Å². The lowest BCUT2D eigenvalue weighted by Crippen LogP contribution is -2.27. The van der Waals surface area contributed by atoms with Gasteiger partial charge in [0.2, 0.25) is 5.91 Å². The zero-order valence-electron chi connectivity index (χ0n) is 12.0. The molecule has 0 aromatic heterocycles. The van der Waals surface area contributed by atoms with Gasteiger partial charge in [-0.1, -0.05) is 31.2 Å². The number of thioether (sulfide) groups is 1. The molecule has 0 spiro atoms. The standard InChI is InChI=1S/C17H18N2OS/c1-2-12-5-3-8-15(9-12)19-16(20)11-21-17(19)13-6-4-7-14(18)10-13/h3-10,17H,2,11,18H2,1H3/t17-/m0/s1. The minimum Gasteiger partial charge on any atom is -0.399 e. The Balaban J connectivity index is 1.99. The van der Waals surface area contributed by atoms with Crippen LogP contribution in [0.2, 0.25) is 0 Å². The van der Waals surface area contributed by atoms with E-state index in [1.165, 1.54) is 5.56 Å². The molecule has 0 radical (unpaired) electrons. The van der Waals surface area contributed by atoms with E-state index in [0.717, 1.165) is 23.4 Å². The highest BCUT2D eigenvalue weighted by atomic mass is 32.2. The van der Waals surface area contributed by atoms with Gasteiger partial charge in [-0.2, -0.15) is 0 Å². The van der Waals surface area contributed by atoms with Crippen molar-refractivity contribution in [2.24, 2.45) is 0 Å². The van der Waals surface area contributed by atoms with E-state index in [0.29, 0.717) is 5.75 Å². The van der Waals surface area contributed by atoms with Gasteiger partial charge >= 0.3 is 0 Å². The van der Waals surface area contributed by atoms with Crippen LogP contribution in [0.5, 0.6) is 0 Å². The number of carbonyl (C=O) groups is 1. The van der Waals surface area contributed by atoms with Gasteiger partial charge in [0.05, 0.1) is 5.75 Å². The predicted octanol–water partition coefficient (Wildman–Crippen LogP) is 3.61. The lowest BCUT2D eigenvalue weighted by molar-refractivity contribution is -0.115. The van der Waals surface area contributed by atoms with Gasteiger partial charge in [0.25, 0.3) is 0 Å². The van der Waals surface area contributed by atoms with Crippen LogP contribution in [0.1, 0.15) is 23.4 Å². The Hall–Kier alpha value is -1.94. The smallest absolute Gasteiger partial charge is 0.238 e. The SMILES string of the molecule is CCc1cccc(N2C(=O)CS[C@H]2c2cccc(N)c2)c1. The highest BCUT2D eigenvalue weighted by Crippen LogP contribution is 2.42. The number of amides is 1. The lowest BCUT2D eigenvalue weighted by Gasteiger charge is -2.25. The summed E-state index contributed by atoms with van der Waals surface area (Å²) in [7, 11) is 0. The van der Waals surface area contributed by atoms with E-state index in [1.54, 1.807) is 11.8 Å². The molecule has 3 rings (SSSR count). The van der Waals surface area contributed by atoms with E-state index in [9.17, 15) is 4.79 Å². The number of hydrogen-bond acceptors (Lipinski definition) is 3. The quantitative estimate of drug-likeness (QED) is 0.881. The summed E-state index contributed by atoms with van der Waals surface area (Å²) in [6.07, 6.45) is 0.964. The number of hydrogen-bond donors (Lipinski definition) is 1. The monoisotopic (exact) mass is 298 g/mol. The van der Waals surface area contributed by atoms with Crippen LogP contribution in [-0.2, 0) is 11.2 Å². The minimum absolute atomic E-state index is 0.00751. The molecule has 108 valence electrons. The molecule has 0 aliphatic carbocycles. The summed E-state index contributed by atoms with van der Waals surface area (Å²) in [5.41, 5.74) is 9.89. The maximum Gasteiger partial charge on any atom is 0.238 e. The van der Waals surface area contributed by atoms with Crippen LogP contribution < -0.4 is 10.6 Å². The molecule has 2 aromatic carbocycles. The number of rotatable bonds is 3. The van der Waals surface area contributed by atoms with E-state index in [1.807, 2.05) is 41.3 Å². The molecule has 1 saturated heterocycles. The number of nitrogen functional groups attached to an aromatic ring is 1. The third kappa shape index (κ3) is 2.76. The molecule has 21 heavy (non-hydrogen) atoms. The summed E-state index contributed by atoms with van der Waals surface area (Å²) < 4.78 is 0. The molecule has 1 amide bonds. The van der Waals surface area contributed by atoms with Gasteiger partial charge in [0.1, 0.15) is 5.37 Å². The van der Waals surface area contributed by atoms with Gasteiger partial charge < -0.3 is 5.73 Å². The molecule has 4 heteroatoms. The Kier molecular flexibility index (Phi) is 3.88. The first-order valence-corrected chi connectivity index (χ1v) is 8.12. The first kappa shape index (κ1) is 14.0. The first-order valence-electron chi connectivity index (χ1n) is 7.07. The Morgan fingerprint density at radius 2 is 2.05 bits per heavy atom. The van der Waals surface area contributed by atoms with E-state index in [-0.39, 0.29) is 11.3 Å². The normalized spacial score (nSPS) is 18.2. The lowest BCUT2D eigenvalue weighted by atomic mass is 10.1. The molecule has 3 nitrogen and oxygen atoms in total. The number of benzene rings is 2. The molecular formula is C17H18N2OS. The van der Waals surface area contributed by atoms with Crippen molar-refractivity contribution in [1.82, 2.24) is 0 Å². The third-order valence-corrected chi connectivity index (χ3v) is 4.87. The summed E-state index contributed by atoms with van der Waals surface area (Å²) in [4.78, 5) is 14.2. The van der Waals surface area contributed by atoms with Gasteiger partial charge in [0, 0.05) is 11.4 Å². The van der Waals surface area contributed by atoms with Crippen LogP contribution in [0.15, 0.2) is 48.5 Å². The molecule has 0 unspecified atom stereocenters. The van der Waals surface area contributed by atoms with E-state index in [2.05, 4.69) is 19.1 Å². The van der Waals surface area contributed by atoms with Crippen molar-refractivity contribution in [2.75, 3.05) is 16.4 Å². The predicted molar refractivity (Wildman–Crippen MR) is 89.4 cm³/mol. The van der Waals surface area contributed by atoms with Crippen LogP contribution in [-0.4, -0.2) is 11.7 Å². The van der Waals surface area contributed by atoms with Crippen molar-refractivity contribution in [3.63, 3.8) is 0 Å². The number of nitrogens with zero attached hydrogens (tertiary/aromatic N) is 1. The first-order chi connectivity index (χ1) is 10.2. The van der Waals surface area contributed by atoms with Gasteiger partial charge in [-0.3, -0.25) is 9.69 Å². The van der Waals surface area contributed by atoms with Gasteiger partial charge in [0.15, 0.2) is 0 Å². The fraction of sp³-hybridized carbons (Fsp3) is 0.235. The zero-order chi connectivity index (χ0) is 14.8. The molecule has 1 atom stereocenters. The minimum atomic E-state index is 0.00751. The van der Waals surface area contributed by atoms with Crippen LogP contribution in [0.3, 0.4) is 0 Å². The Labute approximate surface area is 129 Å². The molecule has 1 heterocycles. The molecule has 2 N–H and O–H groups in total. The molecular weight excluding hydrogens is 280 g/mol. The van der Waals surface area contributed by atoms with Crippen molar-refractivity contribution in [2.45, 2.75) is 18.7 Å². The van der Waals surface area contributed by atoms with Crippen molar-refractivity contribution < 1.29 is 4.79 Å². The summed E-state index contributed by atoms with van der Waals surface area (Å²) in [5, 5.41) is 0.00751. The third-order valence-electron chi connectivity index (χ3n) is 3.66. The van der Waals surface area contributed by atoms with E-state index in [4.69, 9.17) is 5.73 Å². The fourth-order valence-electron chi connectivity index (χ4n) is 2.59. The maximum absolute atomic E-state index is 12.3. The van der Waals surface area contributed by atoms with Crippen molar-refractivity contribution in [3.05, 3.63) is 59.7 Å². The van der Waals surface area contributed by atoms with E-state index < -0.39 is 0 Å². The molecule has 1 fully saturated rings. The molecule has 1 aliphatic heterocycles. The van der Waals surface area contributed by atoms with Crippen molar-refractivity contribution in [1.29, 1.82) is 0 Å². The highest BCUT2D eigenvalue weighted by molar-refractivity contribution is 8.00. The second kappa shape index (κ2) is 5.82. The zero-order valence-corrected chi connectivity index (χ0v) is 12.8. The van der Waals surface area contributed by atoms with Crippen LogP contribution in [0, 0.1) is 0 Å². The Bertz CT molecular complexity index is 671. The van der Waals surface area contributed by atoms with Crippen LogP contribution >= 0.6 is 11.8 Å². The van der Waals surface area contributed by atoms with Gasteiger partial charge in [-0.15, -0.1) is 11.8 Å². The van der Waals surface area contributed by atoms with E-state index >= 15 is 0 Å². The largest absolute Gasteiger partial charge is 0.399 e. The number of carbonyl (C=O) groups excluding carboxylic acids is 1. The molecule has 2 aromatic rings. The Morgan fingerprint density at radius 3 is 2.81 bits per heavy atom. The summed E-state index contributed by atoms with van der Waals surface area (Å²) in [5.74, 6) is 0.663. The number of anilines is 2. The number of nitrogens with two attached hydrogens (primary N) is 1. The molecule has 0 bridgehead atoms. The maximum atomic E-state index is 12.3. The summed E-state index contributed by atoms with van der Waals surface area (Å²) in [6.45, 7) is 2.12. The second-order valence-corrected chi connectivity index (χ2v) is 6.19. The fourth-order valence-corrected chi connectivity index (χ4v) is 3.76. The Morgan fingerprint density at radius 1 is 1.24 bits per heavy atom. The average molecular weight is 298 g/mol. The van der Waals surface area contributed by atoms with Crippen molar-refractivity contribution in [3.8, 4) is 0 Å². The average Bonchev–Trinajstić information content (AvgIpc) is 2.89. The highest BCUT2D eigenvalue weighted by Gasteiger charge is 2.34. The summed E-state index contributed by atoms with van der Waals surface area (Å²) >= 11 is 1.65. The molecule has 0 saturated carbocycles.